The highest BCUT2D eigenvalue weighted by Gasteiger charge is 1.99. The molecule has 2 N–H and O–H groups in total. The van der Waals surface area contributed by atoms with Crippen LogP contribution >= 0.6 is 31.9 Å². The number of benzene rings is 1. The van der Waals surface area contributed by atoms with E-state index in [0.29, 0.717) is 6.42 Å². The predicted octanol–water partition coefficient (Wildman–Crippen LogP) is 3.17. The van der Waals surface area contributed by atoms with Crippen molar-refractivity contribution in [2.45, 2.75) is 19.4 Å². The number of hydrogen-bond donors (Lipinski definition) is 2. The first-order valence-electron chi connectivity index (χ1n) is 4.96. The quantitative estimate of drug-likeness (QED) is 0.775. The number of carboxylic acids is 1. The lowest BCUT2D eigenvalue weighted by Crippen LogP contribution is -2.15. The minimum absolute atomic E-state index is 0.219. The highest BCUT2D eigenvalue weighted by atomic mass is 79.9. The number of hydrogen-bond acceptors (Lipinski definition) is 2. The van der Waals surface area contributed by atoms with E-state index >= 15 is 0 Å². The Morgan fingerprint density at radius 2 is 2.06 bits per heavy atom. The molecule has 1 aromatic rings. The molecule has 0 radical (unpaired) electrons. The van der Waals surface area contributed by atoms with Gasteiger partial charge in [0.25, 0.3) is 0 Å². The average Bonchev–Trinajstić information content (AvgIpc) is 2.22. The standard InChI is InChI=1S/C11H13Br2NO2/c12-9-4-3-8(6-10(9)13)7-14-5-1-2-11(15)16/h3-4,6,14H,1-2,5,7H2,(H,15,16). The van der Waals surface area contributed by atoms with Crippen molar-refractivity contribution in [2.75, 3.05) is 6.54 Å². The third kappa shape index (κ3) is 5.09. The van der Waals surface area contributed by atoms with Gasteiger partial charge in [-0.3, -0.25) is 4.79 Å². The van der Waals surface area contributed by atoms with Gasteiger partial charge in [-0.2, -0.15) is 0 Å². The van der Waals surface area contributed by atoms with Gasteiger partial charge in [0.1, 0.15) is 0 Å². The lowest BCUT2D eigenvalue weighted by atomic mass is 10.2. The van der Waals surface area contributed by atoms with Crippen molar-refractivity contribution >= 4 is 37.8 Å². The van der Waals surface area contributed by atoms with Crippen molar-refractivity contribution in [2.24, 2.45) is 0 Å². The lowest BCUT2D eigenvalue weighted by Gasteiger charge is -2.05. The van der Waals surface area contributed by atoms with Gasteiger partial charge < -0.3 is 10.4 Å². The summed E-state index contributed by atoms with van der Waals surface area (Å²) >= 11 is 6.84. The van der Waals surface area contributed by atoms with E-state index < -0.39 is 5.97 Å². The molecule has 0 heterocycles. The minimum Gasteiger partial charge on any atom is -0.481 e. The summed E-state index contributed by atoms with van der Waals surface area (Å²) in [5, 5.41) is 11.7. The predicted molar refractivity (Wildman–Crippen MR) is 70.4 cm³/mol. The highest BCUT2D eigenvalue weighted by Crippen LogP contribution is 2.23. The molecule has 0 aliphatic rings. The fourth-order valence-electron chi connectivity index (χ4n) is 1.25. The second kappa shape index (κ2) is 7.04. The normalized spacial score (nSPS) is 10.4. The maximum absolute atomic E-state index is 10.3. The number of carbonyl (C=O) groups is 1. The Kier molecular flexibility index (Phi) is 6.01. The summed E-state index contributed by atoms with van der Waals surface area (Å²) in [6.45, 7) is 1.48. The summed E-state index contributed by atoms with van der Waals surface area (Å²) in [6, 6.07) is 6.05. The Morgan fingerprint density at radius 3 is 2.69 bits per heavy atom. The average molecular weight is 351 g/mol. The molecule has 0 saturated heterocycles. The van der Waals surface area contributed by atoms with Crippen LogP contribution in [0, 0.1) is 0 Å². The summed E-state index contributed by atoms with van der Waals surface area (Å²) < 4.78 is 2.06. The zero-order valence-corrected chi connectivity index (χ0v) is 11.8. The van der Waals surface area contributed by atoms with Crippen molar-refractivity contribution in [1.82, 2.24) is 5.32 Å². The summed E-state index contributed by atoms with van der Waals surface area (Å²) in [5.41, 5.74) is 1.17. The van der Waals surface area contributed by atoms with Gasteiger partial charge >= 0.3 is 5.97 Å². The van der Waals surface area contributed by atoms with Crippen LogP contribution in [0.2, 0.25) is 0 Å². The Morgan fingerprint density at radius 1 is 1.31 bits per heavy atom. The van der Waals surface area contributed by atoms with Gasteiger partial charge in [-0.25, -0.2) is 0 Å². The minimum atomic E-state index is -0.742. The van der Waals surface area contributed by atoms with E-state index in [1.54, 1.807) is 0 Å². The molecule has 1 rings (SSSR count). The third-order valence-corrected chi connectivity index (χ3v) is 3.94. The number of rotatable bonds is 6. The molecule has 0 fully saturated rings. The van der Waals surface area contributed by atoms with Crippen LogP contribution in [0.1, 0.15) is 18.4 Å². The van der Waals surface area contributed by atoms with Crippen molar-refractivity contribution in [1.29, 1.82) is 0 Å². The van der Waals surface area contributed by atoms with Crippen LogP contribution in [0.25, 0.3) is 0 Å². The van der Waals surface area contributed by atoms with Gasteiger partial charge in [-0.15, -0.1) is 0 Å². The maximum atomic E-state index is 10.3. The fourth-order valence-corrected chi connectivity index (χ4v) is 1.92. The van der Waals surface area contributed by atoms with E-state index in [0.717, 1.165) is 22.0 Å². The summed E-state index contributed by atoms with van der Waals surface area (Å²) in [7, 11) is 0. The van der Waals surface area contributed by atoms with Crippen LogP contribution in [0.15, 0.2) is 27.1 Å². The molecule has 3 nitrogen and oxygen atoms in total. The lowest BCUT2D eigenvalue weighted by molar-refractivity contribution is -0.137. The van der Waals surface area contributed by atoms with Gasteiger partial charge in [0.2, 0.25) is 0 Å². The van der Waals surface area contributed by atoms with Crippen molar-refractivity contribution in [3.63, 3.8) is 0 Å². The van der Waals surface area contributed by atoms with Crippen LogP contribution in [0.5, 0.6) is 0 Å². The maximum Gasteiger partial charge on any atom is 0.303 e. The van der Waals surface area contributed by atoms with E-state index in [4.69, 9.17) is 5.11 Å². The summed E-state index contributed by atoms with van der Waals surface area (Å²) in [4.78, 5) is 10.3. The monoisotopic (exact) mass is 349 g/mol. The molecule has 16 heavy (non-hydrogen) atoms. The van der Waals surface area contributed by atoms with Gasteiger partial charge in [0.05, 0.1) is 0 Å². The first kappa shape index (κ1) is 13.7. The molecular weight excluding hydrogens is 338 g/mol. The second-order valence-electron chi connectivity index (χ2n) is 3.42. The molecule has 0 amide bonds. The van der Waals surface area contributed by atoms with Crippen LogP contribution in [-0.4, -0.2) is 17.6 Å². The highest BCUT2D eigenvalue weighted by molar-refractivity contribution is 9.13. The van der Waals surface area contributed by atoms with E-state index in [1.807, 2.05) is 18.2 Å². The number of halogens is 2. The van der Waals surface area contributed by atoms with E-state index in [1.165, 1.54) is 5.56 Å². The summed E-state index contributed by atoms with van der Waals surface area (Å²) in [6.07, 6.45) is 0.879. The van der Waals surface area contributed by atoms with Crippen molar-refractivity contribution < 1.29 is 9.90 Å². The molecule has 0 spiro atoms. The Balaban J connectivity index is 2.27. The molecular formula is C11H13Br2NO2. The van der Waals surface area contributed by atoms with Crippen molar-refractivity contribution in [3.8, 4) is 0 Å². The molecule has 0 saturated carbocycles. The smallest absolute Gasteiger partial charge is 0.303 e. The molecule has 0 bridgehead atoms. The largest absolute Gasteiger partial charge is 0.481 e. The van der Waals surface area contributed by atoms with Crippen molar-refractivity contribution in [3.05, 3.63) is 32.7 Å². The van der Waals surface area contributed by atoms with Gasteiger partial charge in [-0.1, -0.05) is 6.07 Å². The zero-order valence-electron chi connectivity index (χ0n) is 8.67. The Hall–Kier alpha value is -0.390. The van der Waals surface area contributed by atoms with Gasteiger partial charge in [0, 0.05) is 21.9 Å². The van der Waals surface area contributed by atoms with Crippen LogP contribution in [0.4, 0.5) is 0 Å². The van der Waals surface area contributed by atoms with E-state index in [9.17, 15) is 4.79 Å². The molecule has 0 unspecified atom stereocenters. The molecule has 5 heteroatoms. The molecule has 0 aliphatic heterocycles. The van der Waals surface area contributed by atoms with Gasteiger partial charge in [0.15, 0.2) is 0 Å². The third-order valence-electron chi connectivity index (χ3n) is 2.06. The number of aliphatic carboxylic acids is 1. The van der Waals surface area contributed by atoms with E-state index in [2.05, 4.69) is 37.2 Å². The van der Waals surface area contributed by atoms with E-state index in [-0.39, 0.29) is 6.42 Å². The fraction of sp³-hybridized carbons (Fsp3) is 0.364. The summed E-state index contributed by atoms with van der Waals surface area (Å²) in [5.74, 6) is -0.742. The number of carboxylic acid groups (broad SMARTS) is 1. The van der Waals surface area contributed by atoms with Gasteiger partial charge in [-0.05, 0) is 62.5 Å². The Labute approximate surface area is 111 Å². The van der Waals surface area contributed by atoms with Crippen LogP contribution < -0.4 is 5.32 Å². The number of nitrogens with one attached hydrogen (secondary N) is 1. The molecule has 0 aromatic heterocycles. The molecule has 88 valence electrons. The second-order valence-corrected chi connectivity index (χ2v) is 5.13. The zero-order chi connectivity index (χ0) is 12.0. The molecule has 0 atom stereocenters. The SMILES string of the molecule is O=C(O)CCCNCc1ccc(Br)c(Br)c1. The first-order chi connectivity index (χ1) is 7.59. The topological polar surface area (TPSA) is 49.3 Å². The first-order valence-corrected chi connectivity index (χ1v) is 6.54. The molecule has 1 aromatic carbocycles. The van der Waals surface area contributed by atoms with Crippen LogP contribution in [-0.2, 0) is 11.3 Å². The Bertz CT molecular complexity index is 369. The molecule has 0 aliphatic carbocycles. The van der Waals surface area contributed by atoms with Crippen LogP contribution in [0.3, 0.4) is 0 Å².